The van der Waals surface area contributed by atoms with E-state index in [1.54, 1.807) is 48.5 Å². The first kappa shape index (κ1) is 22.3. The number of esters is 1. The fraction of sp³-hybridized carbons (Fsp3) is 0.185. The molecule has 1 atom stereocenters. The van der Waals surface area contributed by atoms with Crippen molar-refractivity contribution in [1.82, 2.24) is 9.80 Å². The number of amides is 3. The molecular formula is C27H22N2O6. The largest absolute Gasteiger partial charge is 0.489 e. The van der Waals surface area contributed by atoms with Gasteiger partial charge in [0.15, 0.2) is 6.73 Å². The Bertz CT molecular complexity index is 1250. The van der Waals surface area contributed by atoms with Crippen molar-refractivity contribution in [2.45, 2.75) is 19.1 Å². The molecule has 3 aromatic rings. The quantitative estimate of drug-likeness (QED) is 0.390. The summed E-state index contributed by atoms with van der Waals surface area (Å²) in [6, 6.07) is 22.3. The lowest BCUT2D eigenvalue weighted by Crippen LogP contribution is -2.51. The van der Waals surface area contributed by atoms with E-state index in [0.717, 1.165) is 16.0 Å². The molecule has 1 fully saturated rings. The summed E-state index contributed by atoms with van der Waals surface area (Å²) in [5.41, 5.74) is 2.29. The Hall–Kier alpha value is -4.46. The van der Waals surface area contributed by atoms with E-state index in [0.29, 0.717) is 12.4 Å². The second-order valence-electron chi connectivity index (χ2n) is 8.35. The lowest BCUT2D eigenvalue weighted by atomic mass is 10.0. The highest BCUT2D eigenvalue weighted by molar-refractivity contribution is 6.22. The first-order chi connectivity index (χ1) is 17.0. The fourth-order valence-electron chi connectivity index (χ4n) is 4.22. The third-order valence-electron chi connectivity index (χ3n) is 6.04. The van der Waals surface area contributed by atoms with E-state index < -0.39 is 29.7 Å². The Morgan fingerprint density at radius 3 is 2.06 bits per heavy atom. The van der Waals surface area contributed by atoms with Gasteiger partial charge in [0.2, 0.25) is 5.91 Å². The summed E-state index contributed by atoms with van der Waals surface area (Å²) < 4.78 is 10.7. The zero-order valence-electron chi connectivity index (χ0n) is 18.8. The fourth-order valence-corrected chi connectivity index (χ4v) is 4.22. The molecule has 0 spiro atoms. The van der Waals surface area contributed by atoms with Crippen LogP contribution in [0, 0.1) is 0 Å². The second kappa shape index (κ2) is 9.42. The highest BCUT2D eigenvalue weighted by atomic mass is 16.6. The van der Waals surface area contributed by atoms with E-state index in [9.17, 15) is 19.2 Å². The van der Waals surface area contributed by atoms with Crippen LogP contribution in [0.15, 0.2) is 78.9 Å². The Kier molecular flexibility index (Phi) is 6.01. The average molecular weight is 470 g/mol. The predicted molar refractivity (Wildman–Crippen MR) is 124 cm³/mol. The van der Waals surface area contributed by atoms with Crippen molar-refractivity contribution in [3.05, 3.63) is 101 Å². The summed E-state index contributed by atoms with van der Waals surface area (Å²) in [6.07, 6.45) is 0.0912. The van der Waals surface area contributed by atoms with Crippen molar-refractivity contribution in [3.8, 4) is 5.75 Å². The number of rotatable bonds is 7. The monoisotopic (exact) mass is 470 g/mol. The number of hydrogen-bond donors (Lipinski definition) is 0. The summed E-state index contributed by atoms with van der Waals surface area (Å²) >= 11 is 0. The van der Waals surface area contributed by atoms with Gasteiger partial charge in [0.25, 0.3) is 11.8 Å². The lowest BCUT2D eigenvalue weighted by Gasteiger charge is -2.28. The summed E-state index contributed by atoms with van der Waals surface area (Å²) in [7, 11) is 0. The van der Waals surface area contributed by atoms with Crippen LogP contribution in [0.3, 0.4) is 0 Å². The topological polar surface area (TPSA) is 93.2 Å². The van der Waals surface area contributed by atoms with Gasteiger partial charge in [-0.15, -0.1) is 0 Å². The van der Waals surface area contributed by atoms with Crippen LogP contribution in [0.4, 0.5) is 0 Å². The highest BCUT2D eigenvalue weighted by Crippen LogP contribution is 2.27. The summed E-state index contributed by atoms with van der Waals surface area (Å²) in [6.45, 7) is -0.00626. The van der Waals surface area contributed by atoms with Gasteiger partial charge in [-0.05, 0) is 35.4 Å². The maximum Gasteiger partial charge on any atom is 0.327 e. The first-order valence-corrected chi connectivity index (χ1v) is 11.2. The SMILES string of the molecule is O=C1CN(C(=O)C(Cc2ccc(OCc3ccccc3)cc2)N2C(=O)c3ccccc3C2=O)CO1. The van der Waals surface area contributed by atoms with E-state index in [2.05, 4.69) is 0 Å². The van der Waals surface area contributed by atoms with Crippen LogP contribution in [-0.2, 0) is 27.4 Å². The molecule has 176 valence electrons. The molecule has 3 amide bonds. The third kappa shape index (κ3) is 4.50. The van der Waals surface area contributed by atoms with Crippen molar-refractivity contribution in [3.63, 3.8) is 0 Å². The number of benzene rings is 3. The second-order valence-corrected chi connectivity index (χ2v) is 8.35. The first-order valence-electron chi connectivity index (χ1n) is 11.2. The molecule has 1 saturated heterocycles. The van der Waals surface area contributed by atoms with Crippen LogP contribution in [0.1, 0.15) is 31.8 Å². The van der Waals surface area contributed by atoms with Gasteiger partial charge < -0.3 is 9.47 Å². The predicted octanol–water partition coefficient (Wildman–Crippen LogP) is 2.82. The molecule has 3 aromatic carbocycles. The summed E-state index contributed by atoms with van der Waals surface area (Å²) in [5, 5.41) is 0. The van der Waals surface area contributed by atoms with E-state index in [-0.39, 0.29) is 30.8 Å². The van der Waals surface area contributed by atoms with Crippen LogP contribution >= 0.6 is 0 Å². The number of ether oxygens (including phenoxy) is 2. The Morgan fingerprint density at radius 2 is 1.46 bits per heavy atom. The molecule has 2 aliphatic rings. The van der Waals surface area contributed by atoms with E-state index in [4.69, 9.17) is 9.47 Å². The molecule has 2 aliphatic heterocycles. The molecule has 8 heteroatoms. The molecular weight excluding hydrogens is 448 g/mol. The maximum atomic E-state index is 13.4. The number of carbonyl (C=O) groups is 4. The average Bonchev–Trinajstić information content (AvgIpc) is 3.43. The van der Waals surface area contributed by atoms with Crippen molar-refractivity contribution in [1.29, 1.82) is 0 Å². The van der Waals surface area contributed by atoms with Crippen LogP contribution in [-0.4, -0.2) is 52.8 Å². The van der Waals surface area contributed by atoms with Gasteiger partial charge in [0.05, 0.1) is 11.1 Å². The molecule has 0 aromatic heterocycles. The number of carbonyl (C=O) groups excluding carboxylic acids is 4. The smallest absolute Gasteiger partial charge is 0.327 e. The van der Waals surface area contributed by atoms with Crippen molar-refractivity contribution in [2.75, 3.05) is 13.3 Å². The minimum Gasteiger partial charge on any atom is -0.489 e. The van der Waals surface area contributed by atoms with Crippen LogP contribution in [0.25, 0.3) is 0 Å². The zero-order valence-corrected chi connectivity index (χ0v) is 18.8. The Balaban J connectivity index is 1.37. The van der Waals surface area contributed by atoms with Crippen molar-refractivity contribution in [2.24, 2.45) is 0 Å². The van der Waals surface area contributed by atoms with Gasteiger partial charge in [-0.2, -0.15) is 0 Å². The Labute approximate surface area is 201 Å². The molecule has 35 heavy (non-hydrogen) atoms. The zero-order chi connectivity index (χ0) is 24.4. The molecule has 8 nitrogen and oxygen atoms in total. The standard InChI is InChI=1S/C27H22N2O6/c30-24-15-28(17-35-24)27(33)23(29-25(31)21-8-4-5-9-22(21)26(29)32)14-18-10-12-20(13-11-18)34-16-19-6-2-1-3-7-19/h1-13,23H,14-17H2. The summed E-state index contributed by atoms with van der Waals surface area (Å²) in [5.74, 6) is -1.45. The number of imide groups is 1. The third-order valence-corrected chi connectivity index (χ3v) is 6.04. The number of hydrogen-bond acceptors (Lipinski definition) is 6. The molecule has 0 bridgehead atoms. The van der Waals surface area contributed by atoms with Crippen LogP contribution in [0.5, 0.6) is 5.75 Å². The van der Waals surface area contributed by atoms with E-state index in [1.165, 1.54) is 4.90 Å². The van der Waals surface area contributed by atoms with Gasteiger partial charge in [0, 0.05) is 6.42 Å². The van der Waals surface area contributed by atoms with Gasteiger partial charge >= 0.3 is 5.97 Å². The molecule has 1 unspecified atom stereocenters. The van der Waals surface area contributed by atoms with Gasteiger partial charge in [0.1, 0.15) is 24.9 Å². The molecule has 0 N–H and O–H groups in total. The van der Waals surface area contributed by atoms with E-state index >= 15 is 0 Å². The van der Waals surface area contributed by atoms with Crippen molar-refractivity contribution >= 4 is 23.7 Å². The lowest BCUT2D eigenvalue weighted by molar-refractivity contribution is -0.137. The molecule has 5 rings (SSSR count). The minimum absolute atomic E-state index is 0.0912. The highest BCUT2D eigenvalue weighted by Gasteiger charge is 2.44. The minimum atomic E-state index is -1.12. The van der Waals surface area contributed by atoms with Crippen LogP contribution in [0.2, 0.25) is 0 Å². The Morgan fingerprint density at radius 1 is 0.829 bits per heavy atom. The molecule has 0 aliphatic carbocycles. The maximum absolute atomic E-state index is 13.4. The van der Waals surface area contributed by atoms with E-state index in [1.807, 2.05) is 30.3 Å². The molecule has 0 saturated carbocycles. The van der Waals surface area contributed by atoms with Crippen LogP contribution < -0.4 is 4.74 Å². The molecule has 0 radical (unpaired) electrons. The normalized spacial score (nSPS) is 15.7. The number of fused-ring (bicyclic) bond motifs is 1. The summed E-state index contributed by atoms with van der Waals surface area (Å²) in [4.78, 5) is 53.4. The number of nitrogens with zero attached hydrogens (tertiary/aromatic N) is 2. The van der Waals surface area contributed by atoms with Crippen molar-refractivity contribution < 1.29 is 28.7 Å². The van der Waals surface area contributed by atoms with Gasteiger partial charge in [-0.1, -0.05) is 54.6 Å². The van der Waals surface area contributed by atoms with Gasteiger partial charge in [-0.3, -0.25) is 29.0 Å². The number of cyclic esters (lactones) is 1. The van der Waals surface area contributed by atoms with Gasteiger partial charge in [-0.25, -0.2) is 0 Å². The molecule has 2 heterocycles.